The van der Waals surface area contributed by atoms with Crippen molar-refractivity contribution in [2.24, 2.45) is 5.92 Å². The minimum absolute atomic E-state index is 0.00415. The van der Waals surface area contributed by atoms with Crippen molar-refractivity contribution in [1.29, 1.82) is 0 Å². The largest absolute Gasteiger partial charge is 0.463 e. The molecule has 6 heteroatoms. The van der Waals surface area contributed by atoms with E-state index < -0.39 is 11.9 Å². The van der Waals surface area contributed by atoms with E-state index in [4.69, 9.17) is 19.7 Å². The van der Waals surface area contributed by atoms with Gasteiger partial charge in [0.1, 0.15) is 13.4 Å². The third kappa shape index (κ3) is 8.31. The van der Waals surface area contributed by atoms with Crippen LogP contribution in [0.1, 0.15) is 6.92 Å². The highest BCUT2D eigenvalue weighted by atomic mass is 16.7. The summed E-state index contributed by atoms with van der Waals surface area (Å²) in [5.74, 6) is -0.805. The van der Waals surface area contributed by atoms with E-state index in [9.17, 15) is 4.79 Å². The van der Waals surface area contributed by atoms with E-state index in [1.807, 2.05) is 0 Å². The second-order valence-electron chi connectivity index (χ2n) is 2.91. The minimum Gasteiger partial charge on any atom is -0.463 e. The summed E-state index contributed by atoms with van der Waals surface area (Å²) in [7, 11) is 0. The topological polar surface area (TPSA) is 85.2 Å². The molecule has 6 nitrogen and oxygen atoms in total. The standard InChI is InChI=1S/C9H18O6/c1-8(9(12)15-5-3-11)6-14-7-13-4-2-10/h8,10-11H,2-7H2,1H3. The molecule has 0 rings (SSSR count). The number of carbonyl (C=O) groups is 1. The normalized spacial score (nSPS) is 12.5. The van der Waals surface area contributed by atoms with Crippen LogP contribution in [0.15, 0.2) is 0 Å². The maximum atomic E-state index is 11.1. The van der Waals surface area contributed by atoms with Crippen LogP contribution in [0.25, 0.3) is 0 Å². The molecule has 15 heavy (non-hydrogen) atoms. The van der Waals surface area contributed by atoms with Gasteiger partial charge in [0.2, 0.25) is 0 Å². The lowest BCUT2D eigenvalue weighted by Crippen LogP contribution is -2.22. The number of esters is 1. The van der Waals surface area contributed by atoms with Crippen molar-refractivity contribution in [1.82, 2.24) is 0 Å². The van der Waals surface area contributed by atoms with Gasteiger partial charge in [-0.05, 0) is 6.92 Å². The van der Waals surface area contributed by atoms with Crippen LogP contribution < -0.4 is 0 Å². The molecule has 0 radical (unpaired) electrons. The highest BCUT2D eigenvalue weighted by Gasteiger charge is 2.14. The van der Waals surface area contributed by atoms with E-state index in [-0.39, 0.29) is 39.8 Å². The average Bonchev–Trinajstić information content (AvgIpc) is 2.25. The average molecular weight is 222 g/mol. The number of aliphatic hydroxyl groups excluding tert-OH is 2. The van der Waals surface area contributed by atoms with E-state index >= 15 is 0 Å². The first-order chi connectivity index (χ1) is 7.22. The van der Waals surface area contributed by atoms with Gasteiger partial charge in [-0.3, -0.25) is 4.79 Å². The Labute approximate surface area is 88.7 Å². The van der Waals surface area contributed by atoms with Crippen molar-refractivity contribution < 1.29 is 29.2 Å². The predicted octanol–water partition coefficient (Wildman–Crippen LogP) is -0.859. The van der Waals surface area contributed by atoms with Crippen molar-refractivity contribution in [2.75, 3.05) is 39.8 Å². The zero-order valence-corrected chi connectivity index (χ0v) is 8.85. The van der Waals surface area contributed by atoms with E-state index in [1.165, 1.54) is 0 Å². The summed E-state index contributed by atoms with van der Waals surface area (Å²) in [6, 6.07) is 0. The van der Waals surface area contributed by atoms with Gasteiger partial charge in [-0.15, -0.1) is 0 Å². The summed E-state index contributed by atoms with van der Waals surface area (Å²) < 4.78 is 14.5. The molecule has 1 atom stereocenters. The lowest BCUT2D eigenvalue weighted by molar-refractivity contribution is -0.153. The van der Waals surface area contributed by atoms with Gasteiger partial charge >= 0.3 is 5.97 Å². The highest BCUT2D eigenvalue weighted by Crippen LogP contribution is 1.99. The van der Waals surface area contributed by atoms with Crippen LogP contribution >= 0.6 is 0 Å². The molecule has 0 saturated carbocycles. The van der Waals surface area contributed by atoms with Crippen LogP contribution in [-0.2, 0) is 19.0 Å². The monoisotopic (exact) mass is 222 g/mol. The molecule has 90 valence electrons. The van der Waals surface area contributed by atoms with Gasteiger partial charge in [-0.25, -0.2) is 0 Å². The molecule has 0 bridgehead atoms. The van der Waals surface area contributed by atoms with Crippen molar-refractivity contribution in [3.8, 4) is 0 Å². The third-order valence-electron chi connectivity index (χ3n) is 1.51. The first-order valence-corrected chi connectivity index (χ1v) is 4.76. The summed E-state index contributed by atoms with van der Waals surface area (Å²) in [4.78, 5) is 11.1. The zero-order chi connectivity index (χ0) is 11.5. The van der Waals surface area contributed by atoms with Crippen molar-refractivity contribution in [3.05, 3.63) is 0 Å². The fourth-order valence-electron chi connectivity index (χ4n) is 0.764. The van der Waals surface area contributed by atoms with Crippen LogP contribution in [0.3, 0.4) is 0 Å². The van der Waals surface area contributed by atoms with Crippen molar-refractivity contribution in [2.45, 2.75) is 6.92 Å². The second-order valence-corrected chi connectivity index (χ2v) is 2.91. The molecule has 0 amide bonds. The first kappa shape index (κ1) is 14.3. The van der Waals surface area contributed by atoms with E-state index in [2.05, 4.69) is 4.74 Å². The molecule has 0 aliphatic rings. The molecule has 2 N–H and O–H groups in total. The molecule has 1 unspecified atom stereocenters. The fraction of sp³-hybridized carbons (Fsp3) is 0.889. The van der Waals surface area contributed by atoms with Gasteiger partial charge in [0, 0.05) is 0 Å². The number of ether oxygens (including phenoxy) is 3. The Bertz CT molecular complexity index is 161. The molecule has 0 aromatic heterocycles. The lowest BCUT2D eigenvalue weighted by Gasteiger charge is -2.11. The van der Waals surface area contributed by atoms with E-state index in [0.29, 0.717) is 0 Å². The van der Waals surface area contributed by atoms with Gasteiger partial charge in [0.25, 0.3) is 0 Å². The summed E-state index contributed by atoms with van der Waals surface area (Å²) in [6.07, 6.45) is 0. The van der Waals surface area contributed by atoms with Crippen LogP contribution in [0, 0.1) is 5.92 Å². The van der Waals surface area contributed by atoms with Crippen LogP contribution in [0.2, 0.25) is 0 Å². The number of rotatable bonds is 9. The number of hydrogen-bond donors (Lipinski definition) is 2. The number of aliphatic hydroxyl groups is 2. The maximum Gasteiger partial charge on any atom is 0.311 e. The second kappa shape index (κ2) is 9.85. The Morgan fingerprint density at radius 2 is 1.87 bits per heavy atom. The molecule has 0 heterocycles. The number of carbonyl (C=O) groups excluding carboxylic acids is 1. The Hall–Kier alpha value is -0.690. The molecule has 0 spiro atoms. The Kier molecular flexibility index (Phi) is 9.40. The molecular formula is C9H18O6. The third-order valence-corrected chi connectivity index (χ3v) is 1.51. The van der Waals surface area contributed by atoms with Crippen molar-refractivity contribution in [3.63, 3.8) is 0 Å². The molecule has 0 fully saturated rings. The SMILES string of the molecule is CC(COCOCCO)C(=O)OCCO. The van der Waals surface area contributed by atoms with Crippen molar-refractivity contribution >= 4 is 5.97 Å². The fourth-order valence-corrected chi connectivity index (χ4v) is 0.764. The van der Waals surface area contributed by atoms with Crippen LogP contribution in [0.5, 0.6) is 0 Å². The van der Waals surface area contributed by atoms with E-state index in [1.54, 1.807) is 6.92 Å². The zero-order valence-electron chi connectivity index (χ0n) is 8.85. The van der Waals surface area contributed by atoms with Gasteiger partial charge in [0.15, 0.2) is 0 Å². The predicted molar refractivity (Wildman–Crippen MR) is 51.1 cm³/mol. The first-order valence-electron chi connectivity index (χ1n) is 4.76. The van der Waals surface area contributed by atoms with Gasteiger partial charge in [-0.2, -0.15) is 0 Å². The molecule has 0 aromatic rings. The maximum absolute atomic E-state index is 11.1. The summed E-state index contributed by atoms with van der Waals surface area (Å²) in [5, 5.41) is 16.8. The minimum atomic E-state index is -0.411. The highest BCUT2D eigenvalue weighted by molar-refractivity contribution is 5.72. The molecule has 0 aromatic carbocycles. The number of hydrogen-bond acceptors (Lipinski definition) is 6. The smallest absolute Gasteiger partial charge is 0.311 e. The Morgan fingerprint density at radius 1 is 1.20 bits per heavy atom. The Balaban J connectivity index is 3.38. The van der Waals surface area contributed by atoms with Gasteiger partial charge < -0.3 is 24.4 Å². The summed E-state index contributed by atoms with van der Waals surface area (Å²) in [6.45, 7) is 1.86. The molecular weight excluding hydrogens is 204 g/mol. The lowest BCUT2D eigenvalue weighted by atomic mass is 10.2. The molecule has 0 aliphatic carbocycles. The van der Waals surface area contributed by atoms with Gasteiger partial charge in [-0.1, -0.05) is 0 Å². The Morgan fingerprint density at radius 3 is 2.47 bits per heavy atom. The molecule has 0 aliphatic heterocycles. The van der Waals surface area contributed by atoms with E-state index in [0.717, 1.165) is 0 Å². The van der Waals surface area contributed by atoms with Crippen LogP contribution in [0.4, 0.5) is 0 Å². The molecule has 0 saturated heterocycles. The van der Waals surface area contributed by atoms with Gasteiger partial charge in [0.05, 0.1) is 32.3 Å². The summed E-state index contributed by atoms with van der Waals surface area (Å²) >= 11 is 0. The summed E-state index contributed by atoms with van der Waals surface area (Å²) in [5.41, 5.74) is 0. The van der Waals surface area contributed by atoms with Crippen LogP contribution in [-0.4, -0.2) is 56.0 Å². The quantitative estimate of drug-likeness (QED) is 0.300.